The smallest absolute Gasteiger partial charge is 0.152 e. The van der Waals surface area contributed by atoms with Gasteiger partial charge in [0.15, 0.2) is 4.90 Å². The van der Waals surface area contributed by atoms with E-state index in [-0.39, 0.29) is 0 Å². The van der Waals surface area contributed by atoms with Gasteiger partial charge in [-0.15, -0.1) is 0 Å². The molecule has 2 unspecified atom stereocenters. The van der Waals surface area contributed by atoms with Crippen LogP contribution in [0.15, 0.2) is 23.1 Å². The Morgan fingerprint density at radius 3 is 2.37 bits per heavy atom. The Balaban J connectivity index is 2.10. The van der Waals surface area contributed by atoms with Gasteiger partial charge >= 0.3 is 0 Å². The second-order valence-electron chi connectivity index (χ2n) is 5.48. The molecular formula is C16H25NOS. The molecule has 2 nitrogen and oxygen atoms in total. The summed E-state index contributed by atoms with van der Waals surface area (Å²) in [6.45, 7) is 6.89. The zero-order chi connectivity index (χ0) is 13.8. The van der Waals surface area contributed by atoms with E-state index in [1.165, 1.54) is 37.1 Å². The Morgan fingerprint density at radius 2 is 1.79 bits per heavy atom. The maximum Gasteiger partial charge on any atom is 0.152 e. The molecule has 0 amide bonds. The van der Waals surface area contributed by atoms with E-state index in [1.807, 2.05) is 6.07 Å². The lowest BCUT2D eigenvalue weighted by atomic mass is 10.1. The molecule has 1 aliphatic carbocycles. The molecule has 106 valence electrons. The van der Waals surface area contributed by atoms with Gasteiger partial charge in [-0.3, -0.25) is 4.90 Å². The third-order valence-corrected chi connectivity index (χ3v) is 4.88. The predicted octanol–water partition coefficient (Wildman–Crippen LogP) is 3.01. The molecule has 0 bridgehead atoms. The molecule has 1 aromatic carbocycles. The molecule has 1 aliphatic rings. The maximum atomic E-state index is 11.6. The van der Waals surface area contributed by atoms with E-state index < -0.39 is 11.2 Å². The molecule has 0 radical (unpaired) electrons. The molecule has 0 aliphatic heterocycles. The van der Waals surface area contributed by atoms with Crippen LogP contribution in [0.2, 0.25) is 0 Å². The molecule has 0 saturated heterocycles. The van der Waals surface area contributed by atoms with Crippen LogP contribution in [0, 0.1) is 0 Å². The Hall–Kier alpha value is -0.510. The lowest BCUT2D eigenvalue weighted by Crippen LogP contribution is -2.37. The van der Waals surface area contributed by atoms with Crippen molar-refractivity contribution in [3.63, 3.8) is 0 Å². The number of benzene rings is 1. The standard InChI is InChI=1S/C16H25NOS/c1-4-8-17(9-5-2)15-10-13-6-7-16(19(3)18)12-14(13)11-15/h6-7,12,15H,4-5,8-11H2,1-3H3. The van der Waals surface area contributed by atoms with Crippen molar-refractivity contribution in [2.75, 3.05) is 19.3 Å². The average molecular weight is 279 g/mol. The fraction of sp³-hybridized carbons (Fsp3) is 0.625. The highest BCUT2D eigenvalue weighted by Gasteiger charge is 2.26. The van der Waals surface area contributed by atoms with Crippen LogP contribution in [0.25, 0.3) is 0 Å². The summed E-state index contributed by atoms with van der Waals surface area (Å²) >= 11 is -0.864. The molecule has 0 saturated carbocycles. The summed E-state index contributed by atoms with van der Waals surface area (Å²) in [7, 11) is 0. The minimum atomic E-state index is -0.864. The van der Waals surface area contributed by atoms with Crippen molar-refractivity contribution in [2.24, 2.45) is 0 Å². The largest absolute Gasteiger partial charge is 0.612 e. The van der Waals surface area contributed by atoms with E-state index in [0.717, 1.165) is 17.7 Å². The van der Waals surface area contributed by atoms with Crippen LogP contribution in [0.4, 0.5) is 0 Å². The molecule has 2 atom stereocenters. The summed E-state index contributed by atoms with van der Waals surface area (Å²) in [4.78, 5) is 3.60. The van der Waals surface area contributed by atoms with E-state index in [1.54, 1.807) is 6.26 Å². The molecule has 0 heterocycles. The molecule has 1 aromatic rings. The SMILES string of the molecule is CCCN(CCC)C1Cc2ccc([S+](C)[O-])cc2C1. The lowest BCUT2D eigenvalue weighted by Gasteiger charge is -2.27. The van der Waals surface area contributed by atoms with Gasteiger partial charge in [0.1, 0.15) is 6.26 Å². The van der Waals surface area contributed by atoms with E-state index in [9.17, 15) is 4.55 Å². The van der Waals surface area contributed by atoms with Crippen molar-refractivity contribution in [1.29, 1.82) is 0 Å². The highest BCUT2D eigenvalue weighted by molar-refractivity contribution is 7.90. The molecule has 19 heavy (non-hydrogen) atoms. The third-order valence-electron chi connectivity index (χ3n) is 3.96. The van der Waals surface area contributed by atoms with E-state index in [0.29, 0.717) is 6.04 Å². The Kier molecular flexibility index (Phi) is 5.31. The van der Waals surface area contributed by atoms with Crippen LogP contribution >= 0.6 is 0 Å². The van der Waals surface area contributed by atoms with Crippen molar-refractivity contribution in [1.82, 2.24) is 4.90 Å². The summed E-state index contributed by atoms with van der Waals surface area (Å²) in [5.41, 5.74) is 2.87. The first-order valence-electron chi connectivity index (χ1n) is 7.35. The van der Waals surface area contributed by atoms with Crippen molar-refractivity contribution in [3.8, 4) is 0 Å². The first kappa shape index (κ1) is 14.9. The molecule has 3 heteroatoms. The van der Waals surface area contributed by atoms with Crippen molar-refractivity contribution in [2.45, 2.75) is 50.5 Å². The van der Waals surface area contributed by atoms with Gasteiger partial charge in [-0.2, -0.15) is 0 Å². The maximum absolute atomic E-state index is 11.6. The van der Waals surface area contributed by atoms with Crippen LogP contribution in [0.3, 0.4) is 0 Å². The second kappa shape index (κ2) is 6.78. The predicted molar refractivity (Wildman–Crippen MR) is 82.1 cm³/mol. The first-order valence-corrected chi connectivity index (χ1v) is 8.90. The fourth-order valence-corrected chi connectivity index (χ4v) is 3.63. The Labute approximate surface area is 120 Å². The summed E-state index contributed by atoms with van der Waals surface area (Å²) < 4.78 is 11.6. The van der Waals surface area contributed by atoms with E-state index in [4.69, 9.17) is 0 Å². The summed E-state index contributed by atoms with van der Waals surface area (Å²) in [6.07, 6.45) is 6.48. The van der Waals surface area contributed by atoms with Gasteiger partial charge in [0.05, 0.1) is 0 Å². The topological polar surface area (TPSA) is 26.3 Å². The average Bonchev–Trinajstić information content (AvgIpc) is 2.80. The lowest BCUT2D eigenvalue weighted by molar-refractivity contribution is 0.202. The molecular weight excluding hydrogens is 254 g/mol. The van der Waals surface area contributed by atoms with Gasteiger partial charge in [0, 0.05) is 6.04 Å². The second-order valence-corrected chi connectivity index (χ2v) is 6.86. The molecule has 0 spiro atoms. The molecule has 0 fully saturated rings. The normalized spacial score (nSPS) is 19.7. The summed E-state index contributed by atoms with van der Waals surface area (Å²) in [5.74, 6) is 0. The van der Waals surface area contributed by atoms with Crippen LogP contribution in [0.5, 0.6) is 0 Å². The zero-order valence-electron chi connectivity index (χ0n) is 12.3. The number of nitrogens with zero attached hydrogens (tertiary/aromatic N) is 1. The monoisotopic (exact) mass is 279 g/mol. The highest BCUT2D eigenvalue weighted by atomic mass is 32.2. The van der Waals surface area contributed by atoms with E-state index >= 15 is 0 Å². The van der Waals surface area contributed by atoms with Gasteiger partial charge in [-0.1, -0.05) is 19.9 Å². The third kappa shape index (κ3) is 3.53. The van der Waals surface area contributed by atoms with E-state index in [2.05, 4.69) is 30.9 Å². The summed E-state index contributed by atoms with van der Waals surface area (Å²) in [6, 6.07) is 7.01. The van der Waals surface area contributed by atoms with Crippen molar-refractivity contribution in [3.05, 3.63) is 29.3 Å². The van der Waals surface area contributed by atoms with Gasteiger partial charge in [0.25, 0.3) is 0 Å². The molecule has 2 rings (SSSR count). The van der Waals surface area contributed by atoms with Crippen LogP contribution in [-0.4, -0.2) is 34.8 Å². The Bertz CT molecular complexity index is 413. The first-order chi connectivity index (χ1) is 9.15. The number of fused-ring (bicyclic) bond motifs is 1. The molecule has 0 N–H and O–H groups in total. The van der Waals surface area contributed by atoms with Crippen LogP contribution < -0.4 is 0 Å². The van der Waals surface area contributed by atoms with Gasteiger partial charge in [-0.25, -0.2) is 0 Å². The summed E-state index contributed by atoms with van der Waals surface area (Å²) in [5, 5.41) is 0. The van der Waals surface area contributed by atoms with Crippen molar-refractivity contribution >= 4 is 11.2 Å². The van der Waals surface area contributed by atoms with Crippen LogP contribution in [-0.2, 0) is 24.0 Å². The number of rotatable bonds is 6. The molecule has 0 aromatic heterocycles. The Morgan fingerprint density at radius 1 is 1.16 bits per heavy atom. The number of hydrogen-bond donors (Lipinski definition) is 0. The van der Waals surface area contributed by atoms with Gasteiger partial charge < -0.3 is 4.55 Å². The van der Waals surface area contributed by atoms with Crippen molar-refractivity contribution < 1.29 is 4.55 Å². The zero-order valence-corrected chi connectivity index (χ0v) is 13.1. The minimum absolute atomic E-state index is 0.649. The highest BCUT2D eigenvalue weighted by Crippen LogP contribution is 2.28. The van der Waals surface area contributed by atoms with Gasteiger partial charge in [-0.05, 0) is 73.2 Å². The fourth-order valence-electron chi connectivity index (χ4n) is 3.06. The quantitative estimate of drug-likeness (QED) is 0.748. The minimum Gasteiger partial charge on any atom is -0.612 e. The number of hydrogen-bond acceptors (Lipinski definition) is 2. The van der Waals surface area contributed by atoms with Gasteiger partial charge in [0.2, 0.25) is 0 Å². The van der Waals surface area contributed by atoms with Crippen LogP contribution in [0.1, 0.15) is 37.8 Å².